The zero-order valence-electron chi connectivity index (χ0n) is 42.3. The van der Waals surface area contributed by atoms with Crippen LogP contribution < -0.4 is 21.3 Å². The Morgan fingerprint density at radius 3 is 1.81 bits per heavy atom. The predicted octanol–water partition coefficient (Wildman–Crippen LogP) is 16.1. The van der Waals surface area contributed by atoms with E-state index >= 15 is 0 Å². The van der Waals surface area contributed by atoms with Crippen molar-refractivity contribution >= 4 is 51.3 Å². The zero-order valence-corrected chi connectivity index (χ0v) is 42.3. The largest absolute Gasteiger partial charge is 0.440 e. The zero-order chi connectivity index (χ0) is 47.4. The Hall–Kier alpha value is -6.06. The van der Waals surface area contributed by atoms with Crippen LogP contribution in [0.4, 0.5) is 17.3 Å². The molecule has 8 aromatic rings. The number of anilines is 3. The van der Waals surface area contributed by atoms with Crippen LogP contribution in [-0.4, -0.2) is 6.71 Å². The van der Waals surface area contributed by atoms with E-state index in [2.05, 4.69) is 213 Å². The standard InChI is InChI=1S/C66H66BNO/c1-62(2,3)46-27-28-55(47(37-46)43-25-17-12-18-26-43)68-56-36-44(41-21-13-10-14-22-41)33-48-50-40-65(8)29-19-20-30-66(65,9)53-34-45(42-23-15-11-16-24-42)35-54(58(50)53)67(59(48)56)60-49-38-51-52(39-57(49)69-61(60)68)64(6,7)32-31-63(51,4)5/h10-18,21-28,33-39,50H,19-20,29-32,40H2,1-9H3. The molecule has 0 radical (unpaired) electrons. The fraction of sp³-hybridized carbons (Fsp3) is 0.333. The Morgan fingerprint density at radius 2 is 1.16 bits per heavy atom. The third kappa shape index (κ3) is 6.24. The molecule has 0 bridgehead atoms. The summed E-state index contributed by atoms with van der Waals surface area (Å²) in [6, 6.07) is 56.3. The van der Waals surface area contributed by atoms with Crippen molar-refractivity contribution in [2.75, 3.05) is 4.90 Å². The van der Waals surface area contributed by atoms with Gasteiger partial charge in [0.15, 0.2) is 0 Å². The van der Waals surface area contributed by atoms with Crippen LogP contribution in [0, 0.1) is 5.41 Å². The van der Waals surface area contributed by atoms with Crippen LogP contribution in [0.5, 0.6) is 0 Å². The summed E-state index contributed by atoms with van der Waals surface area (Å²) in [4.78, 5) is 2.59. The molecule has 1 aromatic heterocycles. The molecule has 344 valence electrons. The van der Waals surface area contributed by atoms with Gasteiger partial charge in [0.05, 0.1) is 5.69 Å². The fourth-order valence-electron chi connectivity index (χ4n) is 14.4. The van der Waals surface area contributed by atoms with Crippen molar-refractivity contribution in [3.63, 3.8) is 0 Å². The van der Waals surface area contributed by atoms with Gasteiger partial charge in [0, 0.05) is 28.0 Å². The number of furan rings is 1. The number of fused-ring (bicyclic) bond motifs is 9. The molecule has 3 heteroatoms. The van der Waals surface area contributed by atoms with Crippen LogP contribution in [0.3, 0.4) is 0 Å². The summed E-state index contributed by atoms with van der Waals surface area (Å²) in [7, 11) is 0. The SMILES string of the molecule is CC(C)(C)c1ccc(N2c3cc(-c4ccccc4)cc4c3B(c3cc(-c5ccccc5)cc5c3C4CC3(C)CCCCC53C)c3c2oc2cc4c(cc32)C(C)(C)CCC4(C)C)c(-c2ccccc2)c1. The first-order chi connectivity index (χ1) is 33.0. The number of rotatable bonds is 4. The molecule has 3 aliphatic carbocycles. The van der Waals surface area contributed by atoms with E-state index in [0.29, 0.717) is 0 Å². The van der Waals surface area contributed by atoms with E-state index in [0.717, 1.165) is 36.4 Å². The maximum absolute atomic E-state index is 7.75. The van der Waals surface area contributed by atoms with E-state index in [1.807, 2.05) is 0 Å². The predicted molar refractivity (Wildman–Crippen MR) is 293 cm³/mol. The van der Waals surface area contributed by atoms with Crippen molar-refractivity contribution in [2.45, 2.75) is 135 Å². The molecule has 5 aliphatic rings. The van der Waals surface area contributed by atoms with E-state index in [-0.39, 0.29) is 39.7 Å². The fourth-order valence-corrected chi connectivity index (χ4v) is 14.4. The Kier molecular flexibility index (Phi) is 9.19. The van der Waals surface area contributed by atoms with Crippen molar-refractivity contribution in [3.8, 4) is 33.4 Å². The molecule has 3 atom stereocenters. The van der Waals surface area contributed by atoms with Gasteiger partial charge in [-0.2, -0.15) is 0 Å². The lowest BCUT2D eigenvalue weighted by molar-refractivity contribution is 0.0604. The molecule has 69 heavy (non-hydrogen) atoms. The molecule has 13 rings (SSSR count). The van der Waals surface area contributed by atoms with Crippen LogP contribution in [0.2, 0.25) is 0 Å². The minimum absolute atomic E-state index is 0.0238. The Bertz CT molecular complexity index is 3390. The highest BCUT2D eigenvalue weighted by Gasteiger charge is 2.57. The third-order valence-electron chi connectivity index (χ3n) is 18.8. The summed E-state index contributed by atoms with van der Waals surface area (Å²) in [6.07, 6.45) is 8.53. The van der Waals surface area contributed by atoms with E-state index in [1.54, 1.807) is 11.1 Å². The summed E-state index contributed by atoms with van der Waals surface area (Å²) in [5.41, 5.74) is 24.4. The number of hydrogen-bond acceptors (Lipinski definition) is 2. The second kappa shape index (κ2) is 14.7. The first-order valence-corrected chi connectivity index (χ1v) is 26.1. The molecule has 0 spiro atoms. The molecule has 7 aromatic carbocycles. The summed E-state index contributed by atoms with van der Waals surface area (Å²) in [6.45, 7) is 22.1. The highest BCUT2D eigenvalue weighted by atomic mass is 16.4. The van der Waals surface area contributed by atoms with Gasteiger partial charge in [-0.25, -0.2) is 0 Å². The van der Waals surface area contributed by atoms with Crippen LogP contribution in [-0.2, 0) is 21.7 Å². The van der Waals surface area contributed by atoms with Crippen LogP contribution in [0.1, 0.15) is 147 Å². The van der Waals surface area contributed by atoms with E-state index < -0.39 is 0 Å². The topological polar surface area (TPSA) is 16.4 Å². The molecule has 3 heterocycles. The van der Waals surface area contributed by atoms with Crippen LogP contribution >= 0.6 is 0 Å². The van der Waals surface area contributed by atoms with Gasteiger partial charge in [-0.1, -0.05) is 196 Å². The smallest absolute Gasteiger partial charge is 0.252 e. The summed E-state index contributed by atoms with van der Waals surface area (Å²) in [5.74, 6) is 1.22. The molecular weight excluding hydrogens is 834 g/mol. The van der Waals surface area contributed by atoms with Gasteiger partial charge in [0.1, 0.15) is 5.58 Å². The summed E-state index contributed by atoms with van der Waals surface area (Å²) >= 11 is 0. The van der Waals surface area contributed by atoms with Gasteiger partial charge in [-0.3, -0.25) is 4.90 Å². The average molecular weight is 900 g/mol. The van der Waals surface area contributed by atoms with Crippen molar-refractivity contribution in [1.29, 1.82) is 0 Å². The Labute approximate surface area is 411 Å². The highest BCUT2D eigenvalue weighted by molar-refractivity contribution is 7.00. The first kappa shape index (κ1) is 43.0. The second-order valence-electron chi connectivity index (χ2n) is 24.7. The Morgan fingerprint density at radius 1 is 0.551 bits per heavy atom. The lowest BCUT2D eigenvalue weighted by Gasteiger charge is -2.58. The molecule has 3 unspecified atom stereocenters. The van der Waals surface area contributed by atoms with Crippen molar-refractivity contribution in [1.82, 2.24) is 0 Å². The summed E-state index contributed by atoms with van der Waals surface area (Å²) < 4.78 is 7.75. The highest BCUT2D eigenvalue weighted by Crippen LogP contribution is 2.63. The lowest BCUT2D eigenvalue weighted by Crippen LogP contribution is -2.64. The number of benzene rings is 7. The molecule has 2 nitrogen and oxygen atoms in total. The maximum Gasteiger partial charge on any atom is 0.252 e. The van der Waals surface area contributed by atoms with Gasteiger partial charge in [-0.15, -0.1) is 0 Å². The van der Waals surface area contributed by atoms with Gasteiger partial charge in [-0.05, 0) is 156 Å². The van der Waals surface area contributed by atoms with Crippen molar-refractivity contribution in [3.05, 3.63) is 179 Å². The van der Waals surface area contributed by atoms with E-state index in [4.69, 9.17) is 4.42 Å². The van der Waals surface area contributed by atoms with Crippen molar-refractivity contribution in [2.24, 2.45) is 5.41 Å². The molecule has 1 fully saturated rings. The minimum Gasteiger partial charge on any atom is -0.440 e. The van der Waals surface area contributed by atoms with E-state index in [1.165, 1.54) is 109 Å². The van der Waals surface area contributed by atoms with Gasteiger partial charge >= 0.3 is 0 Å². The van der Waals surface area contributed by atoms with Crippen LogP contribution in [0.25, 0.3) is 44.3 Å². The third-order valence-corrected chi connectivity index (χ3v) is 18.8. The molecule has 0 N–H and O–H groups in total. The van der Waals surface area contributed by atoms with Gasteiger partial charge in [0.2, 0.25) is 5.88 Å². The average Bonchev–Trinajstić information content (AvgIpc) is 3.72. The van der Waals surface area contributed by atoms with Crippen LogP contribution in [0.15, 0.2) is 150 Å². The second-order valence-corrected chi connectivity index (χ2v) is 24.7. The number of nitrogens with zero attached hydrogens (tertiary/aromatic N) is 1. The quantitative estimate of drug-likeness (QED) is 0.164. The minimum atomic E-state index is -0.0345. The normalized spacial score (nSPS) is 22.6. The van der Waals surface area contributed by atoms with Crippen molar-refractivity contribution < 1.29 is 4.42 Å². The molecular formula is C66H66BNO. The number of hydrogen-bond donors (Lipinski definition) is 0. The maximum atomic E-state index is 7.75. The summed E-state index contributed by atoms with van der Waals surface area (Å²) in [5, 5.41) is 1.27. The van der Waals surface area contributed by atoms with Gasteiger partial charge < -0.3 is 4.42 Å². The lowest BCUT2D eigenvalue weighted by atomic mass is 9.29. The van der Waals surface area contributed by atoms with Gasteiger partial charge in [0.25, 0.3) is 6.71 Å². The molecule has 1 saturated carbocycles. The molecule has 2 aliphatic heterocycles. The first-order valence-electron chi connectivity index (χ1n) is 26.1. The van der Waals surface area contributed by atoms with E-state index in [9.17, 15) is 0 Å². The monoisotopic (exact) mass is 900 g/mol. The molecule has 0 saturated heterocycles. The Balaban J connectivity index is 1.21. The molecule has 0 amide bonds.